The SMILES string of the molecule is CC(=O)N(C)CC(=O)NCC(C)(O)CN(C)C. The van der Waals surface area contributed by atoms with E-state index in [2.05, 4.69) is 5.32 Å². The minimum Gasteiger partial charge on any atom is -0.387 e. The Hall–Kier alpha value is -1.14. The molecule has 0 aromatic rings. The number of amides is 2. The van der Waals surface area contributed by atoms with Gasteiger partial charge >= 0.3 is 0 Å². The molecule has 100 valence electrons. The van der Waals surface area contributed by atoms with E-state index in [1.54, 1.807) is 14.0 Å². The molecular formula is C11H23N3O3. The fourth-order valence-corrected chi connectivity index (χ4v) is 1.41. The molecule has 0 radical (unpaired) electrons. The summed E-state index contributed by atoms with van der Waals surface area (Å²) in [6, 6.07) is 0. The second kappa shape index (κ2) is 6.56. The molecule has 0 aromatic heterocycles. The van der Waals surface area contributed by atoms with Crippen molar-refractivity contribution < 1.29 is 14.7 Å². The topological polar surface area (TPSA) is 72.9 Å². The number of carbonyl (C=O) groups excluding carboxylic acids is 2. The molecule has 0 bridgehead atoms. The summed E-state index contributed by atoms with van der Waals surface area (Å²) in [4.78, 5) is 25.5. The second-order valence-electron chi connectivity index (χ2n) is 4.89. The molecule has 0 saturated carbocycles. The van der Waals surface area contributed by atoms with Crippen LogP contribution in [0.4, 0.5) is 0 Å². The molecule has 1 atom stereocenters. The lowest BCUT2D eigenvalue weighted by molar-refractivity contribution is -0.133. The van der Waals surface area contributed by atoms with Gasteiger partial charge in [0, 0.05) is 27.1 Å². The van der Waals surface area contributed by atoms with Crippen molar-refractivity contribution in [3.63, 3.8) is 0 Å². The van der Waals surface area contributed by atoms with E-state index >= 15 is 0 Å². The molecule has 2 amide bonds. The van der Waals surface area contributed by atoms with Gasteiger partial charge in [-0.1, -0.05) is 0 Å². The van der Waals surface area contributed by atoms with Crippen LogP contribution in [-0.4, -0.2) is 73.1 Å². The third-order valence-electron chi connectivity index (χ3n) is 2.24. The van der Waals surface area contributed by atoms with Crippen molar-refractivity contribution in [2.75, 3.05) is 40.8 Å². The van der Waals surface area contributed by atoms with Gasteiger partial charge in [0.1, 0.15) is 0 Å². The molecule has 0 saturated heterocycles. The van der Waals surface area contributed by atoms with Gasteiger partial charge in [-0.25, -0.2) is 0 Å². The second-order valence-corrected chi connectivity index (χ2v) is 4.89. The van der Waals surface area contributed by atoms with Crippen LogP contribution in [0.25, 0.3) is 0 Å². The monoisotopic (exact) mass is 245 g/mol. The van der Waals surface area contributed by atoms with Gasteiger partial charge in [-0.05, 0) is 21.0 Å². The van der Waals surface area contributed by atoms with E-state index < -0.39 is 5.60 Å². The van der Waals surface area contributed by atoms with Crippen LogP contribution in [0, 0.1) is 0 Å². The van der Waals surface area contributed by atoms with Crippen LogP contribution in [0.5, 0.6) is 0 Å². The Bertz CT molecular complexity index is 277. The highest BCUT2D eigenvalue weighted by molar-refractivity contribution is 5.83. The minimum atomic E-state index is -0.978. The number of rotatable bonds is 6. The van der Waals surface area contributed by atoms with Crippen molar-refractivity contribution in [3.8, 4) is 0 Å². The lowest BCUT2D eigenvalue weighted by Crippen LogP contribution is -2.49. The zero-order chi connectivity index (χ0) is 13.6. The molecule has 6 heteroatoms. The fraction of sp³-hybridized carbons (Fsp3) is 0.818. The number of likely N-dealkylation sites (N-methyl/N-ethyl adjacent to an activating group) is 2. The Labute approximate surface area is 103 Å². The number of carbonyl (C=O) groups is 2. The number of hydrogen-bond donors (Lipinski definition) is 2. The summed E-state index contributed by atoms with van der Waals surface area (Å²) in [7, 11) is 5.25. The summed E-state index contributed by atoms with van der Waals surface area (Å²) in [5.74, 6) is -0.443. The summed E-state index contributed by atoms with van der Waals surface area (Å²) in [6.45, 7) is 3.68. The molecule has 0 aliphatic carbocycles. The van der Waals surface area contributed by atoms with Gasteiger partial charge < -0.3 is 20.2 Å². The first kappa shape index (κ1) is 15.9. The average Bonchev–Trinajstić information content (AvgIpc) is 2.12. The predicted molar refractivity (Wildman–Crippen MR) is 65.5 cm³/mol. The molecule has 2 N–H and O–H groups in total. The maximum Gasteiger partial charge on any atom is 0.239 e. The lowest BCUT2D eigenvalue weighted by atomic mass is 10.1. The highest BCUT2D eigenvalue weighted by Gasteiger charge is 2.22. The average molecular weight is 245 g/mol. The molecule has 0 fully saturated rings. The number of nitrogens with zero attached hydrogens (tertiary/aromatic N) is 2. The van der Waals surface area contributed by atoms with Gasteiger partial charge in [0.25, 0.3) is 0 Å². The summed E-state index contributed by atoms with van der Waals surface area (Å²) in [6.07, 6.45) is 0. The maximum absolute atomic E-state index is 11.5. The molecule has 0 aliphatic heterocycles. The van der Waals surface area contributed by atoms with E-state index in [4.69, 9.17) is 0 Å². The highest BCUT2D eigenvalue weighted by Crippen LogP contribution is 2.02. The van der Waals surface area contributed by atoms with Crippen molar-refractivity contribution in [2.24, 2.45) is 0 Å². The van der Waals surface area contributed by atoms with Crippen LogP contribution in [-0.2, 0) is 9.59 Å². The maximum atomic E-state index is 11.5. The molecule has 0 rings (SSSR count). The fourth-order valence-electron chi connectivity index (χ4n) is 1.41. The van der Waals surface area contributed by atoms with E-state index in [0.717, 1.165) is 0 Å². The Morgan fingerprint density at radius 1 is 1.29 bits per heavy atom. The zero-order valence-electron chi connectivity index (χ0n) is 11.3. The number of hydrogen-bond acceptors (Lipinski definition) is 4. The Kier molecular flexibility index (Phi) is 6.12. The van der Waals surface area contributed by atoms with Crippen molar-refractivity contribution >= 4 is 11.8 Å². The van der Waals surface area contributed by atoms with Crippen LogP contribution in [0.1, 0.15) is 13.8 Å². The Balaban J connectivity index is 4.03. The molecule has 6 nitrogen and oxygen atoms in total. The van der Waals surface area contributed by atoms with E-state index in [1.807, 2.05) is 19.0 Å². The first-order chi connectivity index (χ1) is 7.64. The normalized spacial score (nSPS) is 14.3. The van der Waals surface area contributed by atoms with Crippen LogP contribution in [0.3, 0.4) is 0 Å². The first-order valence-corrected chi connectivity index (χ1v) is 5.49. The van der Waals surface area contributed by atoms with Gasteiger partial charge in [-0.2, -0.15) is 0 Å². The van der Waals surface area contributed by atoms with Crippen molar-refractivity contribution in [3.05, 3.63) is 0 Å². The molecule has 0 spiro atoms. The van der Waals surface area contributed by atoms with Crippen LogP contribution >= 0.6 is 0 Å². The molecule has 0 aliphatic rings. The van der Waals surface area contributed by atoms with E-state index in [9.17, 15) is 14.7 Å². The van der Waals surface area contributed by atoms with Crippen molar-refractivity contribution in [2.45, 2.75) is 19.4 Å². The van der Waals surface area contributed by atoms with Gasteiger partial charge in [-0.3, -0.25) is 9.59 Å². The molecular weight excluding hydrogens is 222 g/mol. The summed E-state index contributed by atoms with van der Waals surface area (Å²) in [5, 5.41) is 12.5. The van der Waals surface area contributed by atoms with Gasteiger partial charge in [0.15, 0.2) is 0 Å². The van der Waals surface area contributed by atoms with Crippen LogP contribution in [0.2, 0.25) is 0 Å². The largest absolute Gasteiger partial charge is 0.387 e. The molecule has 1 unspecified atom stereocenters. The third-order valence-corrected chi connectivity index (χ3v) is 2.24. The quantitative estimate of drug-likeness (QED) is 0.622. The summed E-state index contributed by atoms with van der Waals surface area (Å²) >= 11 is 0. The van der Waals surface area contributed by atoms with Gasteiger partial charge in [0.2, 0.25) is 11.8 Å². The molecule has 17 heavy (non-hydrogen) atoms. The first-order valence-electron chi connectivity index (χ1n) is 5.49. The Morgan fingerprint density at radius 2 is 1.82 bits per heavy atom. The molecule has 0 aromatic carbocycles. The smallest absolute Gasteiger partial charge is 0.239 e. The Morgan fingerprint density at radius 3 is 2.24 bits per heavy atom. The van der Waals surface area contributed by atoms with Crippen molar-refractivity contribution in [1.29, 1.82) is 0 Å². The van der Waals surface area contributed by atoms with Crippen molar-refractivity contribution in [1.82, 2.24) is 15.1 Å². The van der Waals surface area contributed by atoms with Crippen LogP contribution in [0.15, 0.2) is 0 Å². The lowest BCUT2D eigenvalue weighted by Gasteiger charge is -2.27. The van der Waals surface area contributed by atoms with Gasteiger partial charge in [0.05, 0.1) is 12.1 Å². The van der Waals surface area contributed by atoms with E-state index in [-0.39, 0.29) is 24.9 Å². The molecule has 0 heterocycles. The van der Waals surface area contributed by atoms with E-state index in [0.29, 0.717) is 6.54 Å². The third kappa shape index (κ3) is 7.70. The summed E-state index contributed by atoms with van der Waals surface area (Å²) in [5.41, 5.74) is -0.978. The van der Waals surface area contributed by atoms with E-state index in [1.165, 1.54) is 11.8 Å². The standard InChI is InChI=1S/C11H23N3O3/c1-9(15)14(5)6-10(16)12-7-11(2,17)8-13(3)4/h17H,6-8H2,1-5H3,(H,12,16). The minimum absolute atomic E-state index is 0.00732. The predicted octanol–water partition coefficient (Wildman–Crippen LogP) is -1.11. The highest BCUT2D eigenvalue weighted by atomic mass is 16.3. The number of aliphatic hydroxyl groups is 1. The number of nitrogens with one attached hydrogen (secondary N) is 1. The zero-order valence-corrected chi connectivity index (χ0v) is 11.3. The summed E-state index contributed by atoms with van der Waals surface area (Å²) < 4.78 is 0. The van der Waals surface area contributed by atoms with Crippen LogP contribution < -0.4 is 5.32 Å². The van der Waals surface area contributed by atoms with Gasteiger partial charge in [-0.15, -0.1) is 0 Å².